The van der Waals surface area contributed by atoms with Gasteiger partial charge in [-0.15, -0.1) is 0 Å². The van der Waals surface area contributed by atoms with E-state index in [0.29, 0.717) is 26.2 Å². The average Bonchev–Trinajstić information content (AvgIpc) is 2.82. The first-order valence-electron chi connectivity index (χ1n) is 11.1. The van der Waals surface area contributed by atoms with Crippen LogP contribution in [0.4, 0.5) is 0 Å². The summed E-state index contributed by atoms with van der Waals surface area (Å²) in [6.45, 7) is 3.42. The third-order valence-electron chi connectivity index (χ3n) is 6.38. The summed E-state index contributed by atoms with van der Waals surface area (Å²) in [6, 6.07) is 18.3. The number of carbonyl (C=O) groups is 2. The molecule has 0 aliphatic carbocycles. The number of hydrogen-bond acceptors (Lipinski definition) is 4. The molecule has 2 aliphatic heterocycles. The number of ether oxygens (including phenoxy) is 1. The number of methoxy groups -OCH3 is 1. The van der Waals surface area contributed by atoms with Crippen LogP contribution in [0.15, 0.2) is 54.6 Å². The van der Waals surface area contributed by atoms with Gasteiger partial charge < -0.3 is 15.0 Å². The van der Waals surface area contributed by atoms with Crippen LogP contribution in [0.2, 0.25) is 0 Å². The fourth-order valence-corrected chi connectivity index (χ4v) is 4.48. The van der Waals surface area contributed by atoms with Crippen molar-refractivity contribution in [3.8, 4) is 11.1 Å². The normalized spacial score (nSPS) is 20.5. The van der Waals surface area contributed by atoms with Crippen LogP contribution >= 0.6 is 0 Å². The number of hydrogen-bond donors (Lipinski definition) is 1. The summed E-state index contributed by atoms with van der Waals surface area (Å²) < 4.78 is 5.40. The zero-order valence-corrected chi connectivity index (χ0v) is 18.1. The quantitative estimate of drug-likeness (QED) is 0.779. The highest BCUT2D eigenvalue weighted by Gasteiger charge is 2.33. The van der Waals surface area contributed by atoms with Crippen LogP contribution in [-0.4, -0.2) is 67.0 Å². The first-order valence-corrected chi connectivity index (χ1v) is 11.1. The Labute approximate surface area is 184 Å². The van der Waals surface area contributed by atoms with Crippen LogP contribution < -0.4 is 5.32 Å². The SMILES string of the molecule is COC1CCN(C(=O)C[C@@H]2C(=O)NCCN2Cc2ccc(-c3ccccc3)cc2)CC1. The van der Waals surface area contributed by atoms with E-state index in [-0.39, 0.29) is 24.3 Å². The van der Waals surface area contributed by atoms with Gasteiger partial charge in [-0.2, -0.15) is 0 Å². The van der Waals surface area contributed by atoms with Crippen LogP contribution in [0.25, 0.3) is 11.1 Å². The molecule has 164 valence electrons. The van der Waals surface area contributed by atoms with Crippen molar-refractivity contribution in [2.45, 2.75) is 38.0 Å². The van der Waals surface area contributed by atoms with Crippen LogP contribution in [0.1, 0.15) is 24.8 Å². The van der Waals surface area contributed by atoms with Crippen molar-refractivity contribution < 1.29 is 14.3 Å². The summed E-state index contributed by atoms with van der Waals surface area (Å²) in [5, 5.41) is 2.93. The fraction of sp³-hybridized carbons (Fsp3) is 0.440. The smallest absolute Gasteiger partial charge is 0.237 e. The van der Waals surface area contributed by atoms with Gasteiger partial charge in [0.2, 0.25) is 11.8 Å². The van der Waals surface area contributed by atoms with Crippen molar-refractivity contribution in [1.82, 2.24) is 15.1 Å². The van der Waals surface area contributed by atoms with E-state index in [0.717, 1.165) is 24.9 Å². The molecule has 0 spiro atoms. The molecule has 0 radical (unpaired) electrons. The van der Waals surface area contributed by atoms with E-state index in [1.807, 2.05) is 23.1 Å². The highest BCUT2D eigenvalue weighted by Crippen LogP contribution is 2.22. The lowest BCUT2D eigenvalue weighted by atomic mass is 10.0. The zero-order valence-electron chi connectivity index (χ0n) is 18.1. The Kier molecular flexibility index (Phi) is 6.99. The Morgan fingerprint density at radius 1 is 1.00 bits per heavy atom. The predicted molar refractivity (Wildman–Crippen MR) is 120 cm³/mol. The first kappa shape index (κ1) is 21.5. The Morgan fingerprint density at radius 2 is 1.68 bits per heavy atom. The number of amides is 2. The third kappa shape index (κ3) is 5.32. The van der Waals surface area contributed by atoms with E-state index in [2.05, 4.69) is 46.6 Å². The van der Waals surface area contributed by atoms with Gasteiger partial charge in [0.05, 0.1) is 18.6 Å². The van der Waals surface area contributed by atoms with Crippen molar-refractivity contribution in [2.75, 3.05) is 33.3 Å². The Morgan fingerprint density at radius 3 is 2.35 bits per heavy atom. The monoisotopic (exact) mass is 421 g/mol. The maximum atomic E-state index is 12.9. The lowest BCUT2D eigenvalue weighted by molar-refractivity contribution is -0.140. The number of carbonyl (C=O) groups excluding carboxylic acids is 2. The molecule has 2 fully saturated rings. The summed E-state index contributed by atoms with van der Waals surface area (Å²) in [7, 11) is 1.72. The molecule has 0 saturated carbocycles. The predicted octanol–water partition coefficient (Wildman–Crippen LogP) is 2.68. The molecule has 0 bridgehead atoms. The third-order valence-corrected chi connectivity index (χ3v) is 6.38. The number of piperidine rings is 1. The van der Waals surface area contributed by atoms with E-state index in [1.165, 1.54) is 11.1 Å². The summed E-state index contributed by atoms with van der Waals surface area (Å²) in [5.41, 5.74) is 3.51. The van der Waals surface area contributed by atoms with Gasteiger partial charge in [-0.05, 0) is 29.5 Å². The van der Waals surface area contributed by atoms with Crippen molar-refractivity contribution in [2.24, 2.45) is 0 Å². The number of rotatable bonds is 6. The second kappa shape index (κ2) is 10.1. The number of piperazine rings is 1. The largest absolute Gasteiger partial charge is 0.381 e. The van der Waals surface area contributed by atoms with E-state index < -0.39 is 6.04 Å². The number of nitrogens with one attached hydrogen (secondary N) is 1. The van der Waals surface area contributed by atoms with Gasteiger partial charge in [-0.25, -0.2) is 0 Å². The van der Waals surface area contributed by atoms with Crippen molar-refractivity contribution in [3.05, 3.63) is 60.2 Å². The molecule has 0 unspecified atom stereocenters. The highest BCUT2D eigenvalue weighted by molar-refractivity contribution is 5.88. The van der Waals surface area contributed by atoms with Gasteiger partial charge in [-0.1, -0.05) is 54.6 Å². The topological polar surface area (TPSA) is 61.9 Å². The molecular formula is C25H31N3O3. The summed E-state index contributed by atoms with van der Waals surface area (Å²) in [4.78, 5) is 29.5. The number of likely N-dealkylation sites (tertiary alicyclic amines) is 1. The van der Waals surface area contributed by atoms with E-state index in [4.69, 9.17) is 4.74 Å². The molecule has 2 amide bonds. The van der Waals surface area contributed by atoms with Crippen LogP contribution in [0.3, 0.4) is 0 Å². The van der Waals surface area contributed by atoms with E-state index in [1.54, 1.807) is 7.11 Å². The molecule has 1 atom stereocenters. The Balaban J connectivity index is 1.39. The van der Waals surface area contributed by atoms with Gasteiger partial charge in [0, 0.05) is 39.8 Å². The van der Waals surface area contributed by atoms with Gasteiger partial charge in [0.25, 0.3) is 0 Å². The Bertz CT molecular complexity index is 877. The molecule has 2 aromatic rings. The van der Waals surface area contributed by atoms with Gasteiger partial charge in [0.15, 0.2) is 0 Å². The average molecular weight is 422 g/mol. The minimum atomic E-state index is -0.421. The lowest BCUT2D eigenvalue weighted by Gasteiger charge is -2.37. The molecule has 2 aliphatic rings. The maximum absolute atomic E-state index is 12.9. The van der Waals surface area contributed by atoms with Crippen LogP contribution in [-0.2, 0) is 20.9 Å². The van der Waals surface area contributed by atoms with E-state index in [9.17, 15) is 9.59 Å². The summed E-state index contributed by atoms with van der Waals surface area (Å²) in [6.07, 6.45) is 2.18. The molecule has 1 N–H and O–H groups in total. The molecule has 31 heavy (non-hydrogen) atoms. The van der Waals surface area contributed by atoms with Gasteiger partial charge in [0.1, 0.15) is 0 Å². The minimum absolute atomic E-state index is 0.0488. The number of benzene rings is 2. The summed E-state index contributed by atoms with van der Waals surface area (Å²) >= 11 is 0. The Hall–Kier alpha value is -2.70. The molecule has 4 rings (SSSR count). The number of nitrogens with zero attached hydrogens (tertiary/aromatic N) is 2. The molecule has 6 heteroatoms. The maximum Gasteiger partial charge on any atom is 0.237 e. The second-order valence-corrected chi connectivity index (χ2v) is 8.36. The van der Waals surface area contributed by atoms with Crippen molar-refractivity contribution in [1.29, 1.82) is 0 Å². The van der Waals surface area contributed by atoms with Gasteiger partial charge in [-0.3, -0.25) is 14.5 Å². The van der Waals surface area contributed by atoms with Crippen molar-refractivity contribution in [3.63, 3.8) is 0 Å². The second-order valence-electron chi connectivity index (χ2n) is 8.36. The standard InChI is InChI=1S/C25H31N3O3/c1-31-22-11-14-27(15-12-22)24(29)17-23-25(30)26-13-16-28(23)18-19-7-9-21(10-8-19)20-5-3-2-4-6-20/h2-10,22-23H,11-18H2,1H3,(H,26,30)/t23-/m1/s1. The van der Waals surface area contributed by atoms with E-state index >= 15 is 0 Å². The fourth-order valence-electron chi connectivity index (χ4n) is 4.48. The molecule has 2 saturated heterocycles. The van der Waals surface area contributed by atoms with Crippen LogP contribution in [0.5, 0.6) is 0 Å². The lowest BCUT2D eigenvalue weighted by Crippen LogP contribution is -2.56. The van der Waals surface area contributed by atoms with Gasteiger partial charge >= 0.3 is 0 Å². The molecule has 0 aromatic heterocycles. The zero-order chi connectivity index (χ0) is 21.6. The minimum Gasteiger partial charge on any atom is -0.381 e. The molecule has 2 heterocycles. The van der Waals surface area contributed by atoms with Crippen LogP contribution in [0, 0.1) is 0 Å². The molecular weight excluding hydrogens is 390 g/mol. The molecule has 2 aromatic carbocycles. The first-order chi connectivity index (χ1) is 15.1. The summed E-state index contributed by atoms with van der Waals surface area (Å²) in [5.74, 6) is 0.00770. The molecule has 6 nitrogen and oxygen atoms in total. The highest BCUT2D eigenvalue weighted by atomic mass is 16.5. The van der Waals surface area contributed by atoms with Crippen molar-refractivity contribution >= 4 is 11.8 Å².